The highest BCUT2D eigenvalue weighted by atomic mass is 19.4. The maximum atomic E-state index is 12.8. The zero-order valence-electron chi connectivity index (χ0n) is 16.5. The minimum atomic E-state index is -4.73. The van der Waals surface area contributed by atoms with E-state index in [0.717, 1.165) is 17.0 Å². The lowest BCUT2D eigenvalue weighted by atomic mass is 9.86. The number of alkyl halides is 3. The quantitative estimate of drug-likeness (QED) is 0.425. The van der Waals surface area contributed by atoms with Gasteiger partial charge in [0.15, 0.2) is 0 Å². The number of benzene rings is 2. The second-order valence-corrected chi connectivity index (χ2v) is 7.93. The van der Waals surface area contributed by atoms with Gasteiger partial charge in [0, 0.05) is 17.0 Å². The van der Waals surface area contributed by atoms with Gasteiger partial charge in [-0.15, -0.1) is 0 Å². The molecule has 0 saturated carbocycles. The smallest absolute Gasteiger partial charge is 0.416 e. The van der Waals surface area contributed by atoms with E-state index in [0.29, 0.717) is 23.3 Å². The van der Waals surface area contributed by atoms with E-state index in [9.17, 15) is 28.1 Å². The summed E-state index contributed by atoms with van der Waals surface area (Å²) in [4.78, 5) is 22.7. The number of halogens is 3. The zero-order chi connectivity index (χ0) is 22.3. The normalized spacial score (nSPS) is 12.2. The molecule has 3 rings (SSSR count). The Hall–Kier alpha value is -3.36. The summed E-state index contributed by atoms with van der Waals surface area (Å²) in [5, 5.41) is 14.2. The molecule has 3 aromatic rings. The topological polar surface area (TPSA) is 85.4 Å². The van der Waals surface area contributed by atoms with Crippen molar-refractivity contribution in [3.63, 3.8) is 0 Å². The first kappa shape index (κ1) is 21.4. The lowest BCUT2D eigenvalue weighted by Crippen LogP contribution is -2.16. The number of carbonyl (C=O) groups is 1. The average Bonchev–Trinajstić information content (AvgIpc) is 3.02. The van der Waals surface area contributed by atoms with Gasteiger partial charge in [-0.25, -0.2) is 0 Å². The molecule has 30 heavy (non-hydrogen) atoms. The molecule has 0 bridgehead atoms. The molecule has 1 N–H and O–H groups in total. The zero-order valence-corrected chi connectivity index (χ0v) is 16.5. The fourth-order valence-corrected chi connectivity index (χ4v) is 3.02. The van der Waals surface area contributed by atoms with Crippen LogP contribution in [0, 0.1) is 10.1 Å². The molecule has 0 fully saturated rings. The van der Waals surface area contributed by atoms with Crippen LogP contribution in [0.3, 0.4) is 0 Å². The van der Waals surface area contributed by atoms with Crippen LogP contribution in [-0.2, 0) is 22.8 Å². The maximum Gasteiger partial charge on any atom is 0.416 e. The van der Waals surface area contributed by atoms with Gasteiger partial charge in [0.05, 0.1) is 23.2 Å². The summed E-state index contributed by atoms with van der Waals surface area (Å²) < 4.78 is 43.9. The van der Waals surface area contributed by atoms with Gasteiger partial charge in [-0.1, -0.05) is 26.8 Å². The Morgan fingerprint density at radius 2 is 1.77 bits per heavy atom. The van der Waals surface area contributed by atoms with Gasteiger partial charge in [0.25, 0.3) is 5.69 Å². The number of nitrogens with one attached hydrogen (secondary N) is 1. The van der Waals surface area contributed by atoms with Crippen LogP contribution in [0.5, 0.6) is 0 Å². The van der Waals surface area contributed by atoms with Gasteiger partial charge in [-0.3, -0.25) is 14.9 Å². The van der Waals surface area contributed by atoms with Crippen molar-refractivity contribution in [2.45, 2.75) is 38.8 Å². The van der Waals surface area contributed by atoms with Gasteiger partial charge in [-0.2, -0.15) is 13.2 Å². The first-order valence-corrected chi connectivity index (χ1v) is 9.02. The lowest BCUT2D eigenvalue weighted by Gasteiger charge is -2.18. The lowest BCUT2D eigenvalue weighted by molar-refractivity contribution is -0.384. The van der Waals surface area contributed by atoms with Crippen LogP contribution in [0.15, 0.2) is 47.1 Å². The third-order valence-corrected chi connectivity index (χ3v) is 4.67. The molecule has 0 spiro atoms. The van der Waals surface area contributed by atoms with Crippen molar-refractivity contribution in [3.05, 3.63) is 69.5 Å². The highest BCUT2D eigenvalue weighted by Crippen LogP contribution is 2.35. The van der Waals surface area contributed by atoms with E-state index in [1.54, 1.807) is 6.07 Å². The molecule has 158 valence electrons. The van der Waals surface area contributed by atoms with Gasteiger partial charge in [0.1, 0.15) is 11.3 Å². The molecule has 2 aromatic carbocycles. The van der Waals surface area contributed by atoms with Crippen molar-refractivity contribution in [2.24, 2.45) is 0 Å². The van der Waals surface area contributed by atoms with Crippen molar-refractivity contribution in [1.82, 2.24) is 0 Å². The molecule has 6 nitrogen and oxygen atoms in total. The summed E-state index contributed by atoms with van der Waals surface area (Å²) in [6.07, 6.45) is -3.45. The number of fused-ring (bicyclic) bond motifs is 1. The van der Waals surface area contributed by atoms with E-state index in [-0.39, 0.29) is 17.5 Å². The Kier molecular flexibility index (Phi) is 5.32. The second-order valence-electron chi connectivity index (χ2n) is 7.93. The third kappa shape index (κ3) is 4.45. The van der Waals surface area contributed by atoms with Crippen LogP contribution in [-0.4, -0.2) is 10.8 Å². The molecule has 9 heteroatoms. The number of furan rings is 1. The average molecular weight is 420 g/mol. The molecule has 1 amide bonds. The van der Waals surface area contributed by atoms with Crippen molar-refractivity contribution >= 4 is 28.3 Å². The van der Waals surface area contributed by atoms with Crippen LogP contribution in [0.2, 0.25) is 0 Å². The predicted molar refractivity (Wildman–Crippen MR) is 105 cm³/mol. The molecule has 0 radical (unpaired) electrons. The molecule has 0 saturated heterocycles. The molecule has 0 aliphatic rings. The molecule has 1 heterocycles. The van der Waals surface area contributed by atoms with Crippen LogP contribution < -0.4 is 5.32 Å². The van der Waals surface area contributed by atoms with E-state index in [1.807, 2.05) is 32.9 Å². The largest absolute Gasteiger partial charge is 0.464 e. The fourth-order valence-electron chi connectivity index (χ4n) is 3.02. The third-order valence-electron chi connectivity index (χ3n) is 4.67. The highest BCUT2D eigenvalue weighted by Gasteiger charge is 2.33. The van der Waals surface area contributed by atoms with Crippen molar-refractivity contribution in [2.75, 3.05) is 5.32 Å². The molecular weight excluding hydrogens is 401 g/mol. The van der Waals surface area contributed by atoms with E-state index in [2.05, 4.69) is 5.32 Å². The number of nitro benzene ring substituents is 1. The maximum absolute atomic E-state index is 12.8. The van der Waals surface area contributed by atoms with Crippen LogP contribution in [0.4, 0.5) is 24.5 Å². The predicted octanol–water partition coefficient (Wildman–Crippen LogP) is 5.84. The first-order valence-electron chi connectivity index (χ1n) is 9.02. The summed E-state index contributed by atoms with van der Waals surface area (Å²) in [5.74, 6) is -0.610. The number of rotatable bonds is 4. The van der Waals surface area contributed by atoms with E-state index >= 15 is 0 Å². The summed E-state index contributed by atoms with van der Waals surface area (Å²) in [5.41, 5.74) is -0.216. The molecule has 1 aromatic heterocycles. The summed E-state index contributed by atoms with van der Waals surface area (Å²) in [6, 6.07) is 7.62. The van der Waals surface area contributed by atoms with Gasteiger partial charge in [0.2, 0.25) is 5.91 Å². The number of nitro groups is 1. The summed E-state index contributed by atoms with van der Waals surface area (Å²) in [7, 11) is 0. The molecule has 0 atom stereocenters. The number of carbonyl (C=O) groups excluding carboxylic acids is 1. The fraction of sp³-hybridized carbons (Fsp3) is 0.286. The van der Waals surface area contributed by atoms with Crippen LogP contribution in [0.1, 0.15) is 37.5 Å². The Morgan fingerprint density at radius 1 is 1.10 bits per heavy atom. The number of anilines is 1. The highest BCUT2D eigenvalue weighted by molar-refractivity contribution is 5.97. The standard InChI is InChI=1S/C21H19F3N2O4/c1-20(2,3)13-5-7-18-15(9-13)12(11-30-18)8-19(27)25-16-6-4-14(21(22,23)24)10-17(16)26(28)29/h4-7,9-11H,8H2,1-3H3,(H,25,27). The minimum Gasteiger partial charge on any atom is -0.464 e. The van der Waals surface area contributed by atoms with E-state index < -0.39 is 28.3 Å². The Labute approximate surface area is 169 Å². The second kappa shape index (κ2) is 7.47. The molecule has 0 aliphatic heterocycles. The summed E-state index contributed by atoms with van der Waals surface area (Å²) in [6.45, 7) is 6.14. The Balaban J connectivity index is 1.87. The van der Waals surface area contributed by atoms with Crippen molar-refractivity contribution in [3.8, 4) is 0 Å². The number of amides is 1. The van der Waals surface area contributed by atoms with E-state index in [1.165, 1.54) is 6.26 Å². The van der Waals surface area contributed by atoms with Gasteiger partial charge in [-0.05, 0) is 35.2 Å². The molecule has 0 aliphatic carbocycles. The SMILES string of the molecule is CC(C)(C)c1ccc2occ(CC(=O)Nc3ccc(C(F)(F)F)cc3[N+](=O)[O-])c2c1. The molecular formula is C21H19F3N2O4. The first-order chi connectivity index (χ1) is 13.9. The van der Waals surface area contributed by atoms with Crippen LogP contribution in [0.25, 0.3) is 11.0 Å². The van der Waals surface area contributed by atoms with Crippen LogP contribution >= 0.6 is 0 Å². The Bertz CT molecular complexity index is 1130. The number of nitrogens with zero attached hydrogens (tertiary/aromatic N) is 1. The number of hydrogen-bond acceptors (Lipinski definition) is 4. The van der Waals surface area contributed by atoms with Crippen molar-refractivity contribution in [1.29, 1.82) is 0 Å². The van der Waals surface area contributed by atoms with Crippen molar-refractivity contribution < 1.29 is 27.3 Å². The number of hydrogen-bond donors (Lipinski definition) is 1. The Morgan fingerprint density at radius 3 is 2.37 bits per heavy atom. The minimum absolute atomic E-state index is 0.119. The van der Waals surface area contributed by atoms with Gasteiger partial charge >= 0.3 is 6.18 Å². The van der Waals surface area contributed by atoms with E-state index in [4.69, 9.17) is 4.42 Å². The summed E-state index contributed by atoms with van der Waals surface area (Å²) >= 11 is 0. The monoisotopic (exact) mass is 420 g/mol. The van der Waals surface area contributed by atoms with Gasteiger partial charge < -0.3 is 9.73 Å². The molecule has 0 unspecified atom stereocenters.